The summed E-state index contributed by atoms with van der Waals surface area (Å²) in [7, 11) is 0. The third-order valence-corrected chi connectivity index (χ3v) is 3.32. The highest BCUT2D eigenvalue weighted by Gasteiger charge is 2.18. The van der Waals surface area contributed by atoms with Gasteiger partial charge in [-0.15, -0.1) is 0 Å². The van der Waals surface area contributed by atoms with Gasteiger partial charge in [-0.1, -0.05) is 37.6 Å². The van der Waals surface area contributed by atoms with Crippen LogP contribution in [0.25, 0.3) is 0 Å². The lowest BCUT2D eigenvalue weighted by atomic mass is 9.97. The van der Waals surface area contributed by atoms with Crippen molar-refractivity contribution in [2.24, 2.45) is 11.8 Å². The monoisotopic (exact) mass is 263 g/mol. The topological polar surface area (TPSA) is 49.3 Å². The Labute approximate surface area is 116 Å². The average molecular weight is 263 g/mol. The second kappa shape index (κ2) is 7.29. The average Bonchev–Trinajstić information content (AvgIpc) is 2.31. The summed E-state index contributed by atoms with van der Waals surface area (Å²) in [6.45, 7) is 9.53. The van der Waals surface area contributed by atoms with Gasteiger partial charge < -0.3 is 10.4 Å². The van der Waals surface area contributed by atoms with Gasteiger partial charge in [0, 0.05) is 13.1 Å². The Morgan fingerprint density at radius 3 is 2.58 bits per heavy atom. The summed E-state index contributed by atoms with van der Waals surface area (Å²) in [5, 5.41) is 12.5. The van der Waals surface area contributed by atoms with Crippen LogP contribution < -0.4 is 5.32 Å². The van der Waals surface area contributed by atoms with Gasteiger partial charge in [-0.3, -0.25) is 4.79 Å². The molecule has 1 aromatic carbocycles. The number of carboxylic acids is 1. The van der Waals surface area contributed by atoms with Gasteiger partial charge in [0.25, 0.3) is 0 Å². The van der Waals surface area contributed by atoms with Crippen LogP contribution in [0.4, 0.5) is 0 Å². The van der Waals surface area contributed by atoms with Crippen molar-refractivity contribution in [3.8, 4) is 0 Å². The fraction of sp³-hybridized carbons (Fsp3) is 0.562. The van der Waals surface area contributed by atoms with Crippen LogP contribution in [0.5, 0.6) is 0 Å². The van der Waals surface area contributed by atoms with Gasteiger partial charge >= 0.3 is 5.97 Å². The zero-order chi connectivity index (χ0) is 14.4. The first-order valence-electron chi connectivity index (χ1n) is 6.89. The molecule has 0 saturated heterocycles. The normalized spacial score (nSPS) is 12.7. The molecule has 0 spiro atoms. The molecule has 0 fully saturated rings. The molecule has 0 heterocycles. The quantitative estimate of drug-likeness (QED) is 0.794. The van der Waals surface area contributed by atoms with Gasteiger partial charge in [0.05, 0.1) is 5.92 Å². The van der Waals surface area contributed by atoms with Crippen LogP contribution >= 0.6 is 0 Å². The van der Waals surface area contributed by atoms with E-state index in [1.54, 1.807) is 0 Å². The predicted octanol–water partition coefficient (Wildman–Crippen LogP) is 3.14. The fourth-order valence-corrected chi connectivity index (χ4v) is 2.21. The number of carboxylic acid groups (broad SMARTS) is 1. The molecule has 0 bridgehead atoms. The summed E-state index contributed by atoms with van der Waals surface area (Å²) in [5.41, 5.74) is 3.72. The summed E-state index contributed by atoms with van der Waals surface area (Å²) in [5.74, 6) is -0.601. The van der Waals surface area contributed by atoms with Crippen LogP contribution in [0.15, 0.2) is 18.2 Å². The van der Waals surface area contributed by atoms with Gasteiger partial charge in [-0.05, 0) is 37.3 Å². The summed E-state index contributed by atoms with van der Waals surface area (Å²) in [4.78, 5) is 11.2. The van der Waals surface area contributed by atoms with Crippen LogP contribution in [0, 0.1) is 25.7 Å². The molecule has 0 aliphatic heterocycles. The van der Waals surface area contributed by atoms with Crippen molar-refractivity contribution in [3.05, 3.63) is 34.9 Å². The largest absolute Gasteiger partial charge is 0.481 e. The zero-order valence-electron chi connectivity index (χ0n) is 12.4. The molecule has 0 aliphatic carbocycles. The third kappa shape index (κ3) is 5.43. The highest BCUT2D eigenvalue weighted by Crippen LogP contribution is 2.13. The Bertz CT molecular complexity index is 427. The molecule has 1 atom stereocenters. The molecule has 1 aromatic rings. The van der Waals surface area contributed by atoms with E-state index in [0.717, 1.165) is 13.0 Å². The maximum Gasteiger partial charge on any atom is 0.307 e. The van der Waals surface area contributed by atoms with Gasteiger partial charge in [-0.25, -0.2) is 0 Å². The summed E-state index contributed by atoms with van der Waals surface area (Å²) >= 11 is 0. The van der Waals surface area contributed by atoms with Crippen molar-refractivity contribution in [1.82, 2.24) is 5.32 Å². The van der Waals surface area contributed by atoms with Crippen LogP contribution in [0.3, 0.4) is 0 Å². The number of hydrogen-bond donors (Lipinski definition) is 2. The minimum Gasteiger partial charge on any atom is -0.481 e. The van der Waals surface area contributed by atoms with Gasteiger partial charge in [0.15, 0.2) is 0 Å². The Kier molecular flexibility index (Phi) is 6.03. The number of aliphatic carboxylic acids is 1. The number of aryl methyl sites for hydroxylation is 2. The van der Waals surface area contributed by atoms with E-state index >= 15 is 0 Å². The minimum atomic E-state index is -0.706. The second-order valence-electron chi connectivity index (χ2n) is 5.73. The van der Waals surface area contributed by atoms with Crippen LogP contribution in [-0.2, 0) is 11.3 Å². The van der Waals surface area contributed by atoms with Gasteiger partial charge in [0.2, 0.25) is 0 Å². The van der Waals surface area contributed by atoms with E-state index in [9.17, 15) is 9.90 Å². The van der Waals surface area contributed by atoms with Crippen LogP contribution in [0.1, 0.15) is 37.0 Å². The van der Waals surface area contributed by atoms with Crippen molar-refractivity contribution >= 4 is 5.97 Å². The lowest BCUT2D eigenvalue weighted by Gasteiger charge is -2.16. The molecule has 0 amide bonds. The molecule has 3 nitrogen and oxygen atoms in total. The van der Waals surface area contributed by atoms with Gasteiger partial charge in [-0.2, -0.15) is 0 Å². The van der Waals surface area contributed by atoms with E-state index in [0.29, 0.717) is 12.5 Å². The number of nitrogens with one attached hydrogen (secondary N) is 1. The van der Waals surface area contributed by atoms with Gasteiger partial charge in [0.1, 0.15) is 0 Å². The maximum atomic E-state index is 11.2. The summed E-state index contributed by atoms with van der Waals surface area (Å²) < 4.78 is 0. The molecule has 0 aromatic heterocycles. The minimum absolute atomic E-state index is 0.301. The van der Waals surface area contributed by atoms with E-state index in [-0.39, 0.29) is 5.92 Å². The first kappa shape index (κ1) is 15.7. The lowest BCUT2D eigenvalue weighted by molar-refractivity contribution is -0.142. The Morgan fingerprint density at radius 2 is 2.00 bits per heavy atom. The third-order valence-electron chi connectivity index (χ3n) is 3.32. The van der Waals surface area contributed by atoms with Crippen LogP contribution in [-0.4, -0.2) is 17.6 Å². The molecule has 19 heavy (non-hydrogen) atoms. The number of hydrogen-bond acceptors (Lipinski definition) is 2. The van der Waals surface area contributed by atoms with E-state index in [2.05, 4.69) is 51.2 Å². The van der Waals surface area contributed by atoms with E-state index in [4.69, 9.17) is 0 Å². The first-order chi connectivity index (χ1) is 8.90. The van der Waals surface area contributed by atoms with Crippen LogP contribution in [0.2, 0.25) is 0 Å². The highest BCUT2D eigenvalue weighted by atomic mass is 16.4. The SMILES string of the molecule is Cc1ccc(C)c(CNCC(CC(C)C)C(=O)O)c1. The van der Waals surface area contributed by atoms with Crippen molar-refractivity contribution in [2.75, 3.05) is 6.54 Å². The van der Waals surface area contributed by atoms with Crippen molar-refractivity contribution in [2.45, 2.75) is 40.7 Å². The number of rotatable bonds is 7. The first-order valence-corrected chi connectivity index (χ1v) is 6.89. The second-order valence-corrected chi connectivity index (χ2v) is 5.73. The number of benzene rings is 1. The van der Waals surface area contributed by atoms with E-state index in [1.165, 1.54) is 16.7 Å². The zero-order valence-corrected chi connectivity index (χ0v) is 12.4. The molecule has 1 rings (SSSR count). The standard InChI is InChI=1S/C16H25NO2/c1-11(2)7-15(16(18)19)10-17-9-14-8-12(3)5-6-13(14)4/h5-6,8,11,15,17H,7,9-10H2,1-4H3,(H,18,19). The molecule has 106 valence electrons. The number of carbonyl (C=O) groups is 1. The predicted molar refractivity (Wildman–Crippen MR) is 78.2 cm³/mol. The summed E-state index contributed by atoms with van der Waals surface area (Å²) in [6.07, 6.45) is 0.717. The molecule has 0 radical (unpaired) electrons. The molecule has 1 unspecified atom stereocenters. The molecule has 3 heteroatoms. The molecular formula is C16H25NO2. The van der Waals surface area contributed by atoms with Crippen molar-refractivity contribution in [3.63, 3.8) is 0 Å². The molecule has 2 N–H and O–H groups in total. The lowest BCUT2D eigenvalue weighted by Crippen LogP contribution is -2.29. The van der Waals surface area contributed by atoms with E-state index < -0.39 is 5.97 Å². The maximum absolute atomic E-state index is 11.2. The van der Waals surface area contributed by atoms with E-state index in [1.807, 2.05) is 0 Å². The fourth-order valence-electron chi connectivity index (χ4n) is 2.21. The molecular weight excluding hydrogens is 238 g/mol. The smallest absolute Gasteiger partial charge is 0.307 e. The Morgan fingerprint density at radius 1 is 1.32 bits per heavy atom. The molecule has 0 saturated carbocycles. The Hall–Kier alpha value is -1.35. The van der Waals surface area contributed by atoms with Crippen molar-refractivity contribution < 1.29 is 9.90 Å². The highest BCUT2D eigenvalue weighted by molar-refractivity contribution is 5.70. The summed E-state index contributed by atoms with van der Waals surface area (Å²) in [6, 6.07) is 6.35. The molecule has 0 aliphatic rings. The Balaban J connectivity index is 2.52. The van der Waals surface area contributed by atoms with Crippen molar-refractivity contribution in [1.29, 1.82) is 0 Å².